The van der Waals surface area contributed by atoms with E-state index in [0.29, 0.717) is 30.9 Å². The van der Waals surface area contributed by atoms with Crippen molar-refractivity contribution in [3.8, 4) is 0 Å². The van der Waals surface area contributed by atoms with Crippen LogP contribution in [0.4, 0.5) is 0 Å². The molecule has 3 aromatic rings. The maximum absolute atomic E-state index is 11.8. The molecule has 2 heterocycles. The Morgan fingerprint density at radius 1 is 1.14 bits per heavy atom. The minimum atomic E-state index is -0.368. The van der Waals surface area contributed by atoms with E-state index in [4.69, 9.17) is 19.3 Å². The highest BCUT2D eigenvalue weighted by Gasteiger charge is 2.20. The van der Waals surface area contributed by atoms with Crippen molar-refractivity contribution >= 4 is 21.9 Å². The highest BCUT2D eigenvalue weighted by atomic mass is 16.5. The van der Waals surface area contributed by atoms with Crippen LogP contribution in [0.3, 0.4) is 0 Å². The Bertz CT molecular complexity index is 905. The molecule has 3 rings (SSSR count). The lowest BCUT2D eigenvalue weighted by Crippen LogP contribution is -2.09. The van der Waals surface area contributed by atoms with Crippen LogP contribution in [0.25, 0.3) is 21.9 Å². The molecule has 116 valence electrons. The second kappa shape index (κ2) is 5.59. The molecule has 0 amide bonds. The van der Waals surface area contributed by atoms with Gasteiger partial charge >= 0.3 is 5.63 Å². The van der Waals surface area contributed by atoms with Crippen molar-refractivity contribution < 1.29 is 13.6 Å². The average Bonchev–Trinajstić information content (AvgIpc) is 2.84. The van der Waals surface area contributed by atoms with Gasteiger partial charge in [0.1, 0.15) is 11.2 Å². The lowest BCUT2D eigenvalue weighted by molar-refractivity contribution is 0.128. The monoisotopic (exact) mass is 301 g/mol. The van der Waals surface area contributed by atoms with E-state index >= 15 is 0 Å². The van der Waals surface area contributed by atoms with Gasteiger partial charge in [-0.3, -0.25) is 0 Å². The van der Waals surface area contributed by atoms with Crippen LogP contribution in [0.15, 0.2) is 26.0 Å². The minimum Gasteiger partial charge on any atom is -0.464 e. The number of hydrogen-bond acceptors (Lipinski definition) is 5. The zero-order valence-corrected chi connectivity index (χ0v) is 13.0. The van der Waals surface area contributed by atoms with Gasteiger partial charge in [0, 0.05) is 23.4 Å². The molecule has 2 N–H and O–H groups in total. The van der Waals surface area contributed by atoms with Crippen molar-refractivity contribution in [3.05, 3.63) is 45.0 Å². The summed E-state index contributed by atoms with van der Waals surface area (Å²) in [6.07, 6.45) is 1.72. The van der Waals surface area contributed by atoms with E-state index in [1.165, 1.54) is 6.07 Å². The summed E-state index contributed by atoms with van der Waals surface area (Å²) in [5.74, 6) is 0. The average molecular weight is 301 g/mol. The van der Waals surface area contributed by atoms with Crippen molar-refractivity contribution in [1.82, 2.24) is 0 Å². The Balaban J connectivity index is 2.41. The van der Waals surface area contributed by atoms with Crippen LogP contribution in [0.1, 0.15) is 22.3 Å². The molecule has 0 unspecified atom stereocenters. The first-order valence-electron chi connectivity index (χ1n) is 7.26. The first kappa shape index (κ1) is 14.8. The maximum atomic E-state index is 11.8. The lowest BCUT2D eigenvalue weighted by atomic mass is 9.97. The van der Waals surface area contributed by atoms with E-state index in [9.17, 15) is 4.79 Å². The number of ether oxygens (including phenoxy) is 1. The van der Waals surface area contributed by atoms with Gasteiger partial charge in [-0.15, -0.1) is 0 Å². The third kappa shape index (κ3) is 2.23. The predicted molar refractivity (Wildman–Crippen MR) is 85.2 cm³/mol. The molecule has 22 heavy (non-hydrogen) atoms. The molecular weight excluding hydrogens is 282 g/mol. The first-order valence-corrected chi connectivity index (χ1v) is 7.26. The Morgan fingerprint density at radius 3 is 2.59 bits per heavy atom. The molecule has 0 bridgehead atoms. The summed E-state index contributed by atoms with van der Waals surface area (Å²) in [7, 11) is 0. The number of nitrogens with two attached hydrogens (primary N) is 1. The molecule has 0 atom stereocenters. The zero-order chi connectivity index (χ0) is 15.9. The van der Waals surface area contributed by atoms with Crippen molar-refractivity contribution in [3.63, 3.8) is 0 Å². The molecule has 0 fully saturated rings. The molecule has 0 saturated heterocycles. The Labute approximate surface area is 127 Å². The van der Waals surface area contributed by atoms with E-state index in [2.05, 4.69) is 0 Å². The number of fused-ring (bicyclic) bond motifs is 2. The van der Waals surface area contributed by atoms with Gasteiger partial charge in [-0.05, 0) is 37.5 Å². The van der Waals surface area contributed by atoms with Crippen molar-refractivity contribution in [2.75, 3.05) is 13.2 Å². The first-order chi connectivity index (χ1) is 10.5. The van der Waals surface area contributed by atoms with E-state index in [1.54, 1.807) is 6.26 Å². The minimum absolute atomic E-state index is 0.295. The van der Waals surface area contributed by atoms with Crippen LogP contribution in [-0.4, -0.2) is 13.2 Å². The summed E-state index contributed by atoms with van der Waals surface area (Å²) >= 11 is 0. The molecule has 5 nitrogen and oxygen atoms in total. The van der Waals surface area contributed by atoms with Crippen LogP contribution in [0.2, 0.25) is 0 Å². The zero-order valence-electron chi connectivity index (χ0n) is 13.0. The largest absolute Gasteiger partial charge is 0.464 e. The van der Waals surface area contributed by atoms with Gasteiger partial charge in [0.2, 0.25) is 0 Å². The van der Waals surface area contributed by atoms with Gasteiger partial charge in [-0.25, -0.2) is 4.79 Å². The van der Waals surface area contributed by atoms with Crippen LogP contribution in [0.5, 0.6) is 0 Å². The molecule has 0 aliphatic heterocycles. The lowest BCUT2D eigenvalue weighted by Gasteiger charge is -2.12. The fourth-order valence-corrected chi connectivity index (χ4v) is 3.04. The highest BCUT2D eigenvalue weighted by Crippen LogP contribution is 2.36. The number of benzene rings is 1. The summed E-state index contributed by atoms with van der Waals surface area (Å²) in [6, 6.07) is 1.51. The molecule has 0 radical (unpaired) electrons. The van der Waals surface area contributed by atoms with Gasteiger partial charge in [-0.2, -0.15) is 0 Å². The fraction of sp³-hybridized carbons (Fsp3) is 0.353. The van der Waals surface area contributed by atoms with E-state index < -0.39 is 0 Å². The molecule has 0 aliphatic carbocycles. The Kier molecular flexibility index (Phi) is 3.76. The number of furan rings is 1. The molecule has 5 heteroatoms. The van der Waals surface area contributed by atoms with Crippen molar-refractivity contribution in [2.45, 2.75) is 27.4 Å². The number of hydrogen-bond donors (Lipinski definition) is 1. The van der Waals surface area contributed by atoms with Crippen molar-refractivity contribution in [2.24, 2.45) is 5.73 Å². The molecule has 1 aromatic carbocycles. The Hall–Kier alpha value is -2.11. The summed E-state index contributed by atoms with van der Waals surface area (Å²) in [5.41, 5.74) is 10.1. The molecule has 2 aromatic heterocycles. The normalized spacial score (nSPS) is 11.6. The summed E-state index contributed by atoms with van der Waals surface area (Å²) in [5, 5.41) is 2.00. The second-order valence-electron chi connectivity index (χ2n) is 5.52. The molecular formula is C17H19NO4. The Morgan fingerprint density at radius 2 is 1.86 bits per heavy atom. The number of aryl methyl sites for hydroxylation is 3. The summed E-state index contributed by atoms with van der Waals surface area (Å²) < 4.78 is 16.7. The smallest absolute Gasteiger partial charge is 0.336 e. The number of rotatable bonds is 4. The molecule has 0 aliphatic rings. The van der Waals surface area contributed by atoms with Crippen LogP contribution in [-0.2, 0) is 11.3 Å². The standard InChI is InChI=1S/C17H19NO4/c1-9-6-13(19)22-17-12(8-20-5-4-18)16-15(10(2)7-21-16)11(3)14(9)17/h6-7H,4-5,8,18H2,1-3H3. The third-order valence-electron chi connectivity index (χ3n) is 3.94. The highest BCUT2D eigenvalue weighted by molar-refractivity contribution is 6.03. The third-order valence-corrected chi connectivity index (χ3v) is 3.94. The topological polar surface area (TPSA) is 78.6 Å². The van der Waals surface area contributed by atoms with Gasteiger partial charge in [0.05, 0.1) is 25.0 Å². The quantitative estimate of drug-likeness (QED) is 0.592. The van der Waals surface area contributed by atoms with Gasteiger partial charge in [-0.1, -0.05) is 0 Å². The summed E-state index contributed by atoms with van der Waals surface area (Å²) in [6.45, 7) is 7.11. The van der Waals surface area contributed by atoms with E-state index in [-0.39, 0.29) is 5.63 Å². The SMILES string of the molecule is Cc1coc2c(COCCN)c3oc(=O)cc(C)c3c(C)c12. The van der Waals surface area contributed by atoms with Crippen LogP contribution >= 0.6 is 0 Å². The predicted octanol–water partition coefficient (Wildman–Crippen LogP) is 2.94. The van der Waals surface area contributed by atoms with Crippen LogP contribution < -0.4 is 11.4 Å². The molecule has 0 saturated carbocycles. The van der Waals surface area contributed by atoms with Gasteiger partial charge in [0.15, 0.2) is 0 Å². The second-order valence-corrected chi connectivity index (χ2v) is 5.52. The molecule has 0 spiro atoms. The van der Waals surface area contributed by atoms with E-state index in [1.807, 2.05) is 20.8 Å². The maximum Gasteiger partial charge on any atom is 0.336 e. The van der Waals surface area contributed by atoms with Gasteiger partial charge < -0.3 is 19.3 Å². The summed E-state index contributed by atoms with van der Waals surface area (Å²) in [4.78, 5) is 11.8. The van der Waals surface area contributed by atoms with E-state index in [0.717, 1.165) is 33.0 Å². The van der Waals surface area contributed by atoms with Gasteiger partial charge in [0.25, 0.3) is 0 Å². The van der Waals surface area contributed by atoms with Crippen molar-refractivity contribution in [1.29, 1.82) is 0 Å². The fourth-order valence-electron chi connectivity index (χ4n) is 3.04. The van der Waals surface area contributed by atoms with Crippen LogP contribution in [0, 0.1) is 20.8 Å².